The van der Waals surface area contributed by atoms with Crippen molar-refractivity contribution in [2.75, 3.05) is 37.9 Å². The van der Waals surface area contributed by atoms with Crippen molar-refractivity contribution in [3.05, 3.63) is 12.1 Å². The highest BCUT2D eigenvalue weighted by atomic mass is 16.5. The zero-order valence-electron chi connectivity index (χ0n) is 16.1. The summed E-state index contributed by atoms with van der Waals surface area (Å²) in [6, 6.07) is 3.68. The van der Waals surface area contributed by atoms with Gasteiger partial charge in [-0.1, -0.05) is 12.8 Å². The molecular formula is C20H28N4O3. The van der Waals surface area contributed by atoms with Crippen LogP contribution in [0, 0.1) is 0 Å². The van der Waals surface area contributed by atoms with Gasteiger partial charge in [0.25, 0.3) is 0 Å². The molecule has 0 bridgehead atoms. The van der Waals surface area contributed by atoms with E-state index in [0.29, 0.717) is 35.5 Å². The molecule has 2 heterocycles. The highest BCUT2D eigenvalue weighted by Gasteiger charge is 2.26. The Hall–Kier alpha value is -2.28. The monoisotopic (exact) mass is 372 g/mol. The van der Waals surface area contributed by atoms with Crippen molar-refractivity contribution >= 4 is 22.7 Å². The van der Waals surface area contributed by atoms with Crippen molar-refractivity contribution in [2.45, 2.75) is 50.7 Å². The predicted molar refractivity (Wildman–Crippen MR) is 106 cm³/mol. The maximum absolute atomic E-state index is 6.26. The molecule has 0 spiro atoms. The molecule has 2 N–H and O–H groups in total. The number of anilines is 2. The summed E-state index contributed by atoms with van der Waals surface area (Å²) in [7, 11) is 3.22. The summed E-state index contributed by atoms with van der Waals surface area (Å²) in [6.45, 7) is 1.77. The molecule has 2 aromatic rings. The smallest absolute Gasteiger partial charge is 0.227 e. The summed E-state index contributed by atoms with van der Waals surface area (Å²) in [5.74, 6) is 2.39. The van der Waals surface area contributed by atoms with Crippen molar-refractivity contribution < 1.29 is 14.2 Å². The van der Waals surface area contributed by atoms with Crippen LogP contribution >= 0.6 is 0 Å². The summed E-state index contributed by atoms with van der Waals surface area (Å²) in [4.78, 5) is 11.5. The fourth-order valence-electron chi connectivity index (χ4n) is 4.10. The number of nitrogens with zero attached hydrogens (tertiary/aromatic N) is 3. The molecule has 4 rings (SSSR count). The second-order valence-corrected chi connectivity index (χ2v) is 7.36. The largest absolute Gasteiger partial charge is 0.493 e. The minimum absolute atomic E-state index is 0.353. The van der Waals surface area contributed by atoms with Crippen molar-refractivity contribution in [1.29, 1.82) is 0 Å². The zero-order chi connectivity index (χ0) is 18.8. The maximum Gasteiger partial charge on any atom is 0.227 e. The molecule has 1 aromatic carbocycles. The van der Waals surface area contributed by atoms with Crippen molar-refractivity contribution in [3.8, 4) is 11.5 Å². The minimum atomic E-state index is 0.353. The van der Waals surface area contributed by atoms with E-state index >= 15 is 0 Å². The Balaban J connectivity index is 1.50. The van der Waals surface area contributed by atoms with Gasteiger partial charge in [-0.15, -0.1) is 0 Å². The molecule has 1 aliphatic carbocycles. The molecule has 7 heteroatoms. The number of rotatable bonds is 5. The molecule has 146 valence electrons. The zero-order valence-corrected chi connectivity index (χ0v) is 16.1. The Kier molecular flexibility index (Phi) is 5.20. The molecule has 0 unspecified atom stereocenters. The van der Waals surface area contributed by atoms with Crippen LogP contribution in [0.25, 0.3) is 10.9 Å². The van der Waals surface area contributed by atoms with Crippen LogP contribution < -0.4 is 20.1 Å². The van der Waals surface area contributed by atoms with Gasteiger partial charge in [0.2, 0.25) is 5.95 Å². The Labute approximate surface area is 159 Å². The molecule has 27 heavy (non-hydrogen) atoms. The van der Waals surface area contributed by atoms with Crippen LogP contribution in [0.15, 0.2) is 12.1 Å². The van der Waals surface area contributed by atoms with Crippen LogP contribution in [0.1, 0.15) is 38.5 Å². The predicted octanol–water partition coefficient (Wildman–Crippen LogP) is 3.16. The molecule has 1 saturated carbocycles. The second-order valence-electron chi connectivity index (χ2n) is 7.36. The number of aromatic nitrogens is 2. The molecule has 0 amide bonds. The van der Waals surface area contributed by atoms with Crippen LogP contribution in [-0.4, -0.2) is 49.5 Å². The standard InChI is InChI=1S/C20H28N4O3/c1-25-17-11-15-16(12-18(17)26-2)22-20(23-19(15)21)24-9-7-14(8-10-24)27-13-5-3-4-6-13/h11-14H,3-10H2,1-2H3,(H2,21,22,23). The highest BCUT2D eigenvalue weighted by molar-refractivity contribution is 5.91. The van der Waals surface area contributed by atoms with Crippen LogP contribution in [0.5, 0.6) is 11.5 Å². The van der Waals surface area contributed by atoms with E-state index in [1.165, 1.54) is 25.7 Å². The first-order chi connectivity index (χ1) is 13.2. The van der Waals surface area contributed by atoms with E-state index in [1.807, 2.05) is 12.1 Å². The summed E-state index contributed by atoms with van der Waals surface area (Å²) in [5.41, 5.74) is 6.98. The lowest BCUT2D eigenvalue weighted by Gasteiger charge is -2.33. The molecule has 1 saturated heterocycles. The van der Waals surface area contributed by atoms with E-state index in [1.54, 1.807) is 14.2 Å². The van der Waals surface area contributed by atoms with Gasteiger partial charge in [-0.05, 0) is 31.7 Å². The molecular weight excluding hydrogens is 344 g/mol. The van der Waals surface area contributed by atoms with Gasteiger partial charge in [-0.3, -0.25) is 0 Å². The van der Waals surface area contributed by atoms with Gasteiger partial charge < -0.3 is 24.8 Å². The van der Waals surface area contributed by atoms with Crippen molar-refractivity contribution in [1.82, 2.24) is 9.97 Å². The molecule has 1 aromatic heterocycles. The maximum atomic E-state index is 6.26. The van der Waals surface area contributed by atoms with E-state index in [4.69, 9.17) is 24.9 Å². The number of ether oxygens (including phenoxy) is 3. The van der Waals surface area contributed by atoms with Gasteiger partial charge in [0.1, 0.15) is 5.82 Å². The summed E-state index contributed by atoms with van der Waals surface area (Å²) < 4.78 is 17.0. The van der Waals surface area contributed by atoms with Crippen LogP contribution in [0.2, 0.25) is 0 Å². The fraction of sp³-hybridized carbons (Fsp3) is 0.600. The molecule has 0 radical (unpaired) electrons. The normalized spacial score (nSPS) is 19.0. The first kappa shape index (κ1) is 18.1. The molecule has 7 nitrogen and oxygen atoms in total. The molecule has 2 aliphatic rings. The van der Waals surface area contributed by atoms with E-state index < -0.39 is 0 Å². The number of piperidine rings is 1. The van der Waals surface area contributed by atoms with Crippen LogP contribution in [-0.2, 0) is 4.74 Å². The van der Waals surface area contributed by atoms with Gasteiger partial charge in [0, 0.05) is 24.5 Å². The van der Waals surface area contributed by atoms with Gasteiger partial charge >= 0.3 is 0 Å². The lowest BCUT2D eigenvalue weighted by Crippen LogP contribution is -2.39. The lowest BCUT2D eigenvalue weighted by atomic mass is 10.1. The van der Waals surface area contributed by atoms with Crippen LogP contribution in [0.4, 0.5) is 11.8 Å². The summed E-state index contributed by atoms with van der Waals surface area (Å²) in [6.07, 6.45) is 7.88. The fourth-order valence-corrected chi connectivity index (χ4v) is 4.10. The SMILES string of the molecule is COc1cc2nc(N3CCC(OC4CCCC4)CC3)nc(N)c2cc1OC. The van der Waals surface area contributed by atoms with E-state index in [-0.39, 0.29) is 0 Å². The average Bonchev–Trinajstić information content (AvgIpc) is 3.20. The Morgan fingerprint density at radius 2 is 1.56 bits per heavy atom. The third-order valence-corrected chi connectivity index (χ3v) is 5.63. The number of hydrogen-bond donors (Lipinski definition) is 1. The van der Waals surface area contributed by atoms with E-state index in [2.05, 4.69) is 9.88 Å². The first-order valence-corrected chi connectivity index (χ1v) is 9.77. The Bertz CT molecular complexity index is 799. The third kappa shape index (κ3) is 3.74. The first-order valence-electron chi connectivity index (χ1n) is 9.77. The van der Waals surface area contributed by atoms with Gasteiger partial charge in [0.05, 0.1) is 31.9 Å². The number of hydrogen-bond acceptors (Lipinski definition) is 7. The molecule has 1 aliphatic heterocycles. The topological polar surface area (TPSA) is 82.7 Å². The number of methoxy groups -OCH3 is 2. The molecule has 0 atom stereocenters. The van der Waals surface area contributed by atoms with Gasteiger partial charge in [-0.25, -0.2) is 4.98 Å². The van der Waals surface area contributed by atoms with Crippen LogP contribution in [0.3, 0.4) is 0 Å². The third-order valence-electron chi connectivity index (χ3n) is 5.63. The quantitative estimate of drug-likeness (QED) is 0.863. The summed E-state index contributed by atoms with van der Waals surface area (Å²) in [5, 5.41) is 0.774. The lowest BCUT2D eigenvalue weighted by molar-refractivity contribution is -0.0195. The number of benzene rings is 1. The van der Waals surface area contributed by atoms with Gasteiger partial charge in [0.15, 0.2) is 11.5 Å². The Morgan fingerprint density at radius 3 is 2.22 bits per heavy atom. The van der Waals surface area contributed by atoms with Gasteiger partial charge in [-0.2, -0.15) is 4.98 Å². The van der Waals surface area contributed by atoms with E-state index in [0.717, 1.165) is 36.8 Å². The molecule has 2 fully saturated rings. The second kappa shape index (κ2) is 7.76. The number of fused-ring (bicyclic) bond motifs is 1. The highest BCUT2D eigenvalue weighted by Crippen LogP contribution is 2.34. The van der Waals surface area contributed by atoms with Crippen molar-refractivity contribution in [3.63, 3.8) is 0 Å². The van der Waals surface area contributed by atoms with Crippen molar-refractivity contribution in [2.24, 2.45) is 0 Å². The van der Waals surface area contributed by atoms with E-state index in [9.17, 15) is 0 Å². The summed E-state index contributed by atoms with van der Waals surface area (Å²) >= 11 is 0. The number of nitrogen functional groups attached to an aromatic ring is 1. The minimum Gasteiger partial charge on any atom is -0.493 e. The average molecular weight is 372 g/mol. The number of nitrogens with two attached hydrogens (primary N) is 1. The Morgan fingerprint density at radius 1 is 0.926 bits per heavy atom.